The van der Waals surface area contributed by atoms with E-state index in [9.17, 15) is 15.0 Å². The Morgan fingerprint density at radius 3 is 2.58 bits per heavy atom. The summed E-state index contributed by atoms with van der Waals surface area (Å²) >= 11 is 0. The van der Waals surface area contributed by atoms with Crippen LogP contribution in [0.2, 0.25) is 0 Å². The van der Waals surface area contributed by atoms with Crippen molar-refractivity contribution in [3.63, 3.8) is 0 Å². The highest BCUT2D eigenvalue weighted by atomic mass is 16.5. The van der Waals surface area contributed by atoms with Crippen molar-refractivity contribution in [2.75, 3.05) is 7.11 Å². The van der Waals surface area contributed by atoms with Crippen LogP contribution in [0.25, 0.3) is 0 Å². The number of aliphatic hydroxyl groups excluding tert-OH is 2. The second kappa shape index (κ2) is 6.14. The van der Waals surface area contributed by atoms with E-state index in [0.717, 1.165) is 5.56 Å². The van der Waals surface area contributed by atoms with E-state index in [1.807, 2.05) is 30.3 Å². The van der Waals surface area contributed by atoms with Gasteiger partial charge in [-0.3, -0.25) is 4.79 Å². The lowest BCUT2D eigenvalue weighted by Crippen LogP contribution is -2.30. The van der Waals surface area contributed by atoms with Gasteiger partial charge in [-0.15, -0.1) is 0 Å². The normalized spacial score (nSPS) is 30.3. The maximum absolute atomic E-state index is 11.1. The SMILES string of the molecule is COC(=O)CCC1OC(c2ccccc2)C(O)C1O. The van der Waals surface area contributed by atoms with Crippen LogP contribution in [0.15, 0.2) is 30.3 Å². The molecule has 0 radical (unpaired) electrons. The maximum atomic E-state index is 11.1. The fourth-order valence-corrected chi connectivity index (χ4v) is 2.27. The van der Waals surface area contributed by atoms with Crippen LogP contribution in [0.5, 0.6) is 0 Å². The highest BCUT2D eigenvalue weighted by molar-refractivity contribution is 5.69. The van der Waals surface area contributed by atoms with Gasteiger partial charge in [0.05, 0.1) is 13.2 Å². The van der Waals surface area contributed by atoms with Crippen molar-refractivity contribution < 1.29 is 24.5 Å². The molecule has 1 saturated heterocycles. The Kier molecular flexibility index (Phi) is 4.52. The first kappa shape index (κ1) is 14.0. The molecule has 1 fully saturated rings. The van der Waals surface area contributed by atoms with Crippen LogP contribution in [-0.4, -0.2) is 41.6 Å². The first-order chi connectivity index (χ1) is 9.13. The molecule has 0 aliphatic carbocycles. The van der Waals surface area contributed by atoms with Gasteiger partial charge in [0.1, 0.15) is 18.3 Å². The number of aliphatic hydroxyl groups is 2. The Morgan fingerprint density at radius 2 is 1.95 bits per heavy atom. The molecular formula is C14H18O5. The molecule has 1 aliphatic rings. The molecule has 0 spiro atoms. The minimum Gasteiger partial charge on any atom is -0.469 e. The highest BCUT2D eigenvalue weighted by Gasteiger charge is 2.43. The lowest BCUT2D eigenvalue weighted by molar-refractivity contribution is -0.141. The molecule has 0 saturated carbocycles. The second-order valence-corrected chi connectivity index (χ2v) is 4.60. The summed E-state index contributed by atoms with van der Waals surface area (Å²) in [4.78, 5) is 11.1. The number of carbonyl (C=O) groups excluding carboxylic acids is 1. The van der Waals surface area contributed by atoms with Gasteiger partial charge in [-0.2, -0.15) is 0 Å². The molecule has 104 valence electrons. The molecule has 0 amide bonds. The maximum Gasteiger partial charge on any atom is 0.305 e. The molecule has 1 aliphatic heterocycles. The van der Waals surface area contributed by atoms with Gasteiger partial charge in [-0.1, -0.05) is 30.3 Å². The van der Waals surface area contributed by atoms with Crippen LogP contribution in [0, 0.1) is 0 Å². The molecule has 2 N–H and O–H groups in total. The largest absolute Gasteiger partial charge is 0.469 e. The van der Waals surface area contributed by atoms with Crippen molar-refractivity contribution in [3.8, 4) is 0 Å². The van der Waals surface area contributed by atoms with Crippen LogP contribution < -0.4 is 0 Å². The number of hydrogen-bond acceptors (Lipinski definition) is 5. The molecule has 4 atom stereocenters. The zero-order valence-corrected chi connectivity index (χ0v) is 10.7. The van der Waals surface area contributed by atoms with E-state index < -0.39 is 24.4 Å². The lowest BCUT2D eigenvalue weighted by Gasteiger charge is -2.14. The van der Waals surface area contributed by atoms with Crippen LogP contribution >= 0.6 is 0 Å². The van der Waals surface area contributed by atoms with Gasteiger partial charge >= 0.3 is 5.97 Å². The molecule has 0 bridgehead atoms. The van der Waals surface area contributed by atoms with E-state index in [1.54, 1.807) is 0 Å². The van der Waals surface area contributed by atoms with E-state index in [4.69, 9.17) is 4.74 Å². The van der Waals surface area contributed by atoms with Gasteiger partial charge in [-0.25, -0.2) is 0 Å². The van der Waals surface area contributed by atoms with Gasteiger partial charge in [0.25, 0.3) is 0 Å². The Labute approximate surface area is 111 Å². The molecule has 1 aromatic rings. The Bertz CT molecular complexity index is 419. The summed E-state index contributed by atoms with van der Waals surface area (Å²) in [6.45, 7) is 0. The van der Waals surface area contributed by atoms with Gasteiger partial charge in [0, 0.05) is 6.42 Å². The summed E-state index contributed by atoms with van der Waals surface area (Å²) in [7, 11) is 1.32. The molecular weight excluding hydrogens is 248 g/mol. The van der Waals surface area contributed by atoms with E-state index in [1.165, 1.54) is 7.11 Å². The zero-order chi connectivity index (χ0) is 13.8. The van der Waals surface area contributed by atoms with Crippen molar-refractivity contribution in [3.05, 3.63) is 35.9 Å². The number of benzene rings is 1. The second-order valence-electron chi connectivity index (χ2n) is 4.60. The molecule has 1 heterocycles. The van der Waals surface area contributed by atoms with Crippen molar-refractivity contribution in [1.82, 2.24) is 0 Å². The Hall–Kier alpha value is -1.43. The van der Waals surface area contributed by atoms with Crippen LogP contribution in [0.4, 0.5) is 0 Å². The summed E-state index contributed by atoms with van der Waals surface area (Å²) < 4.78 is 10.2. The van der Waals surface area contributed by atoms with Crippen molar-refractivity contribution in [1.29, 1.82) is 0 Å². The van der Waals surface area contributed by atoms with Crippen LogP contribution in [0.3, 0.4) is 0 Å². The summed E-state index contributed by atoms with van der Waals surface area (Å²) in [5.74, 6) is -0.353. The summed E-state index contributed by atoms with van der Waals surface area (Å²) in [6.07, 6.45) is -2.60. The third-order valence-corrected chi connectivity index (χ3v) is 3.35. The number of hydrogen-bond donors (Lipinski definition) is 2. The predicted molar refractivity (Wildman–Crippen MR) is 67.3 cm³/mol. The molecule has 1 aromatic carbocycles. The number of carbonyl (C=O) groups is 1. The van der Waals surface area contributed by atoms with Crippen LogP contribution in [-0.2, 0) is 14.3 Å². The van der Waals surface area contributed by atoms with Crippen LogP contribution in [0.1, 0.15) is 24.5 Å². The average Bonchev–Trinajstić information content (AvgIpc) is 2.73. The Balaban J connectivity index is 2.00. The molecule has 0 aromatic heterocycles. The van der Waals surface area contributed by atoms with Gasteiger partial charge < -0.3 is 19.7 Å². The van der Waals surface area contributed by atoms with E-state index in [-0.39, 0.29) is 12.4 Å². The number of rotatable bonds is 4. The smallest absolute Gasteiger partial charge is 0.305 e. The van der Waals surface area contributed by atoms with E-state index in [0.29, 0.717) is 6.42 Å². The van der Waals surface area contributed by atoms with Gasteiger partial charge in [-0.05, 0) is 12.0 Å². The number of methoxy groups -OCH3 is 1. The summed E-state index contributed by atoms with van der Waals surface area (Å²) in [5.41, 5.74) is 0.814. The first-order valence-corrected chi connectivity index (χ1v) is 6.27. The monoisotopic (exact) mass is 266 g/mol. The van der Waals surface area contributed by atoms with E-state index in [2.05, 4.69) is 4.74 Å². The summed E-state index contributed by atoms with van der Waals surface area (Å²) in [6, 6.07) is 9.24. The predicted octanol–water partition coefficient (Wildman–Crippen LogP) is 0.801. The topological polar surface area (TPSA) is 76.0 Å². The van der Waals surface area contributed by atoms with Crippen molar-refractivity contribution >= 4 is 5.97 Å². The third kappa shape index (κ3) is 3.12. The highest BCUT2D eigenvalue weighted by Crippen LogP contribution is 2.35. The fourth-order valence-electron chi connectivity index (χ4n) is 2.27. The summed E-state index contributed by atoms with van der Waals surface area (Å²) in [5, 5.41) is 20.0. The lowest BCUT2D eigenvalue weighted by atomic mass is 10.0. The van der Waals surface area contributed by atoms with Crippen molar-refractivity contribution in [2.45, 2.75) is 37.3 Å². The minimum absolute atomic E-state index is 0.159. The number of esters is 1. The number of ether oxygens (including phenoxy) is 2. The first-order valence-electron chi connectivity index (χ1n) is 6.27. The van der Waals surface area contributed by atoms with Gasteiger partial charge in [0.15, 0.2) is 0 Å². The quantitative estimate of drug-likeness (QED) is 0.788. The molecule has 4 unspecified atom stereocenters. The van der Waals surface area contributed by atoms with E-state index >= 15 is 0 Å². The molecule has 5 nitrogen and oxygen atoms in total. The molecule has 19 heavy (non-hydrogen) atoms. The average molecular weight is 266 g/mol. The van der Waals surface area contributed by atoms with Crippen molar-refractivity contribution in [2.24, 2.45) is 0 Å². The third-order valence-electron chi connectivity index (χ3n) is 3.35. The van der Waals surface area contributed by atoms with Gasteiger partial charge in [0.2, 0.25) is 0 Å². The molecule has 2 rings (SSSR count). The standard InChI is InChI=1S/C14H18O5/c1-18-11(15)8-7-10-12(16)13(17)14(19-10)9-5-3-2-4-6-9/h2-6,10,12-14,16-17H,7-8H2,1H3. The fraction of sp³-hybridized carbons (Fsp3) is 0.500. The minimum atomic E-state index is -0.991. The zero-order valence-electron chi connectivity index (χ0n) is 10.7. The molecule has 5 heteroatoms. The Morgan fingerprint density at radius 1 is 1.26 bits per heavy atom.